The number of rotatable bonds is 3. The van der Waals surface area contributed by atoms with Gasteiger partial charge in [0, 0.05) is 30.0 Å². The van der Waals surface area contributed by atoms with E-state index < -0.39 is 6.97 Å². The fourth-order valence-electron chi connectivity index (χ4n) is 5.24. The van der Waals surface area contributed by atoms with Crippen LogP contribution in [-0.4, -0.2) is 26.6 Å². The second kappa shape index (κ2) is 6.66. The van der Waals surface area contributed by atoms with Crippen molar-refractivity contribution in [3.8, 4) is 0 Å². The van der Waals surface area contributed by atoms with Gasteiger partial charge in [-0.25, -0.2) is 0 Å². The van der Waals surface area contributed by atoms with Crippen molar-refractivity contribution in [1.29, 1.82) is 0 Å². The first-order valence-electron chi connectivity index (χ1n) is 10.1. The lowest BCUT2D eigenvalue weighted by molar-refractivity contribution is -0.363. The average molecular weight is 416 g/mol. The van der Waals surface area contributed by atoms with E-state index in [0.717, 1.165) is 27.8 Å². The quantitative estimate of drug-likeness (QED) is 0.570. The first-order chi connectivity index (χ1) is 13.7. The summed E-state index contributed by atoms with van der Waals surface area (Å²) in [6.07, 6.45) is 2.99. The Balaban J connectivity index is 2.22. The van der Waals surface area contributed by atoms with Crippen LogP contribution in [0.2, 0.25) is 5.02 Å². The molecule has 2 aliphatic heterocycles. The van der Waals surface area contributed by atoms with E-state index in [4.69, 9.17) is 11.6 Å². The Hall–Kier alpha value is -2.21. The van der Waals surface area contributed by atoms with Gasteiger partial charge < -0.3 is 17.6 Å². The Bertz CT molecular complexity index is 1140. The SMILES string of the molecule is CCC1=C(C)C2=C(c3ccc(Cl)cn3)c3c(C)c(CC)c(C)n3[B-](F)(F)[N+]2=C1C. The highest BCUT2D eigenvalue weighted by Crippen LogP contribution is 2.46. The minimum absolute atomic E-state index is 0.523. The normalized spacial score (nSPS) is 18.0. The Morgan fingerprint density at radius 1 is 1.10 bits per heavy atom. The molecule has 0 bridgehead atoms. The van der Waals surface area contributed by atoms with Crippen molar-refractivity contribution >= 4 is 29.9 Å². The van der Waals surface area contributed by atoms with Crippen molar-refractivity contribution in [2.75, 3.05) is 0 Å². The zero-order chi connectivity index (χ0) is 21.2. The molecule has 7 heteroatoms. The van der Waals surface area contributed by atoms with Crippen molar-refractivity contribution in [3.05, 3.63) is 68.4 Å². The lowest BCUT2D eigenvalue weighted by Gasteiger charge is -2.33. The van der Waals surface area contributed by atoms with Gasteiger partial charge in [-0.1, -0.05) is 25.4 Å². The molecular weight excluding hydrogens is 391 g/mol. The van der Waals surface area contributed by atoms with Crippen molar-refractivity contribution < 1.29 is 13.1 Å². The van der Waals surface area contributed by atoms with Gasteiger partial charge >= 0.3 is 6.97 Å². The van der Waals surface area contributed by atoms with E-state index in [2.05, 4.69) is 4.98 Å². The number of pyridine rings is 1. The number of halogens is 3. The molecule has 0 saturated heterocycles. The van der Waals surface area contributed by atoms with Crippen molar-refractivity contribution in [3.63, 3.8) is 0 Å². The summed E-state index contributed by atoms with van der Waals surface area (Å²) in [6.45, 7) is 7.51. The minimum Gasteiger partial charge on any atom is -0.393 e. The third-order valence-corrected chi connectivity index (χ3v) is 6.70. The lowest BCUT2D eigenvalue weighted by Crippen LogP contribution is -2.51. The van der Waals surface area contributed by atoms with E-state index in [9.17, 15) is 0 Å². The highest BCUT2D eigenvalue weighted by molar-refractivity contribution is 6.58. The predicted octanol–water partition coefficient (Wildman–Crippen LogP) is 5.92. The van der Waals surface area contributed by atoms with E-state index >= 15 is 8.63 Å². The van der Waals surface area contributed by atoms with Crippen LogP contribution in [0, 0.1) is 13.8 Å². The summed E-state index contributed by atoms with van der Waals surface area (Å²) in [6, 6.07) is 3.59. The van der Waals surface area contributed by atoms with E-state index in [-0.39, 0.29) is 0 Å². The Kier molecular flexibility index (Phi) is 4.61. The maximum absolute atomic E-state index is 16.1. The van der Waals surface area contributed by atoms with Crippen LogP contribution in [0.3, 0.4) is 0 Å². The highest BCUT2D eigenvalue weighted by atomic mass is 35.5. The molecular formula is C22H25BClF2N3. The number of nitrogens with zero attached hydrogens (tertiary/aromatic N) is 3. The monoisotopic (exact) mass is 415 g/mol. The molecule has 0 aromatic carbocycles. The van der Waals surface area contributed by atoms with E-state index in [1.165, 1.54) is 8.96 Å². The largest absolute Gasteiger partial charge is 0.737 e. The lowest BCUT2D eigenvalue weighted by atomic mass is 9.85. The van der Waals surface area contributed by atoms with Crippen molar-refractivity contribution in [2.24, 2.45) is 0 Å². The van der Waals surface area contributed by atoms with Gasteiger partial charge in [-0.2, -0.15) is 0 Å². The summed E-state index contributed by atoms with van der Waals surface area (Å²) in [5.41, 5.74) is 7.60. The average Bonchev–Trinajstić information content (AvgIpc) is 3.08. The molecule has 0 N–H and O–H groups in total. The van der Waals surface area contributed by atoms with Crippen LogP contribution in [0.25, 0.3) is 5.57 Å². The van der Waals surface area contributed by atoms with E-state index in [0.29, 0.717) is 46.4 Å². The van der Waals surface area contributed by atoms with E-state index in [1.54, 1.807) is 26.1 Å². The van der Waals surface area contributed by atoms with Gasteiger partial charge in [0.2, 0.25) is 0 Å². The molecule has 0 aliphatic carbocycles. The number of allylic oxidation sites excluding steroid dienone is 2. The summed E-state index contributed by atoms with van der Waals surface area (Å²) in [7, 11) is 0. The maximum atomic E-state index is 16.1. The number of hydrogen-bond acceptors (Lipinski definition) is 1. The van der Waals surface area contributed by atoms with Crippen LogP contribution < -0.4 is 0 Å². The fourth-order valence-corrected chi connectivity index (χ4v) is 5.36. The summed E-state index contributed by atoms with van der Waals surface area (Å²) in [4.78, 5) is 4.53. The first-order valence-corrected chi connectivity index (χ1v) is 10.5. The standard InChI is InChI=1S/C22H25BClF2N3/c1-7-17-12(3)21-20(19-10-9-16(24)11-27-19)22-13(4)18(8-2)15(6)29(22)23(25,26)28(21)14(17)5/h9-11H,7-8H2,1-6H3. The fraction of sp³-hybridized carbons (Fsp3) is 0.364. The smallest absolute Gasteiger partial charge is 0.393 e. The molecule has 0 saturated carbocycles. The summed E-state index contributed by atoms with van der Waals surface area (Å²) in [5, 5.41) is 0.523. The van der Waals surface area contributed by atoms with Gasteiger partial charge in [-0.3, -0.25) is 4.98 Å². The van der Waals surface area contributed by atoms with Crippen LogP contribution >= 0.6 is 11.6 Å². The molecule has 4 rings (SSSR count). The molecule has 2 aromatic heterocycles. The van der Waals surface area contributed by atoms with Gasteiger partial charge in [-0.15, -0.1) is 0 Å². The van der Waals surface area contributed by atoms with Gasteiger partial charge in [0.1, 0.15) is 5.71 Å². The molecule has 4 heterocycles. The molecule has 29 heavy (non-hydrogen) atoms. The minimum atomic E-state index is -4.00. The molecule has 0 unspecified atom stereocenters. The van der Waals surface area contributed by atoms with Crippen LogP contribution in [0.15, 0.2) is 35.2 Å². The molecule has 152 valence electrons. The van der Waals surface area contributed by atoms with Crippen LogP contribution in [0.1, 0.15) is 62.3 Å². The first kappa shape index (κ1) is 20.1. The Labute approximate surface area is 175 Å². The summed E-state index contributed by atoms with van der Waals surface area (Å²) in [5.74, 6) is 0. The van der Waals surface area contributed by atoms with Gasteiger partial charge in [0.05, 0.1) is 16.3 Å². The molecule has 0 amide bonds. The van der Waals surface area contributed by atoms with E-state index in [1.807, 2.05) is 33.8 Å². The molecule has 3 nitrogen and oxygen atoms in total. The van der Waals surface area contributed by atoms with Crippen molar-refractivity contribution in [2.45, 2.75) is 54.4 Å². The van der Waals surface area contributed by atoms with Gasteiger partial charge in [0.25, 0.3) is 0 Å². The second-order valence-electron chi connectivity index (χ2n) is 7.85. The molecule has 2 aromatic rings. The van der Waals surface area contributed by atoms with Crippen LogP contribution in [0.5, 0.6) is 0 Å². The van der Waals surface area contributed by atoms with Crippen LogP contribution in [-0.2, 0) is 6.42 Å². The third kappa shape index (κ3) is 2.54. The second-order valence-corrected chi connectivity index (χ2v) is 8.28. The molecule has 0 radical (unpaired) electrons. The molecule has 0 atom stereocenters. The Morgan fingerprint density at radius 2 is 1.79 bits per heavy atom. The van der Waals surface area contributed by atoms with Crippen LogP contribution in [0.4, 0.5) is 8.63 Å². The summed E-state index contributed by atoms with van der Waals surface area (Å²) < 4.78 is 34.6. The number of aromatic nitrogens is 2. The summed E-state index contributed by atoms with van der Waals surface area (Å²) >= 11 is 6.06. The van der Waals surface area contributed by atoms with Gasteiger partial charge in [0.15, 0.2) is 5.70 Å². The zero-order valence-electron chi connectivity index (χ0n) is 17.7. The molecule has 2 aliphatic rings. The van der Waals surface area contributed by atoms with Crippen molar-refractivity contribution in [1.82, 2.24) is 9.46 Å². The molecule has 0 fully saturated rings. The third-order valence-electron chi connectivity index (χ3n) is 6.48. The number of hydrogen-bond donors (Lipinski definition) is 0. The zero-order valence-corrected chi connectivity index (χ0v) is 18.5. The maximum Gasteiger partial charge on any atom is 0.737 e. The molecule has 0 spiro atoms. The highest BCUT2D eigenvalue weighted by Gasteiger charge is 2.56. The Morgan fingerprint density at radius 3 is 2.34 bits per heavy atom. The predicted molar refractivity (Wildman–Crippen MR) is 116 cm³/mol. The topological polar surface area (TPSA) is 20.8 Å². The van der Waals surface area contributed by atoms with Gasteiger partial charge in [-0.05, 0) is 62.6 Å². The number of fused-ring (bicyclic) bond motifs is 2.